The Bertz CT molecular complexity index is 725. The van der Waals surface area contributed by atoms with Crippen LogP contribution in [0.1, 0.15) is 4.88 Å². The third kappa shape index (κ3) is 3.73. The van der Waals surface area contributed by atoms with Crippen molar-refractivity contribution < 1.29 is 17.9 Å². The molecule has 0 aliphatic heterocycles. The third-order valence-electron chi connectivity index (χ3n) is 2.57. The van der Waals surface area contributed by atoms with Crippen LogP contribution in [-0.4, -0.2) is 28.9 Å². The first-order valence-electron chi connectivity index (χ1n) is 5.87. The Kier molecular flexibility index (Phi) is 4.81. The highest BCUT2D eigenvalue weighted by atomic mass is 32.2. The summed E-state index contributed by atoms with van der Waals surface area (Å²) in [6, 6.07) is 8.20. The van der Waals surface area contributed by atoms with Gasteiger partial charge in [-0.3, -0.25) is 0 Å². The summed E-state index contributed by atoms with van der Waals surface area (Å²) in [6.45, 7) is 0. The molecule has 0 radical (unpaired) electrons. The fourth-order valence-electron chi connectivity index (χ4n) is 1.57. The molecule has 1 heterocycles. The Balaban J connectivity index is 2.26. The lowest BCUT2D eigenvalue weighted by Gasteiger charge is -2.10. The van der Waals surface area contributed by atoms with Gasteiger partial charge in [-0.15, -0.1) is 11.3 Å². The van der Waals surface area contributed by atoms with Crippen molar-refractivity contribution in [3.05, 3.63) is 40.6 Å². The Labute approximate surface area is 127 Å². The molecule has 112 valence electrons. The van der Waals surface area contributed by atoms with Crippen molar-refractivity contribution in [3.8, 4) is 11.5 Å². The van der Waals surface area contributed by atoms with E-state index >= 15 is 0 Å². The number of benzene rings is 1. The molecule has 1 aromatic carbocycles. The van der Waals surface area contributed by atoms with Crippen molar-refractivity contribution >= 4 is 27.6 Å². The lowest BCUT2D eigenvalue weighted by molar-refractivity contribution is 0.392. The Morgan fingerprint density at radius 1 is 1.24 bits per heavy atom. The highest BCUT2D eigenvalue weighted by molar-refractivity contribution is 7.89. The van der Waals surface area contributed by atoms with Crippen molar-refractivity contribution in [2.75, 3.05) is 14.2 Å². The van der Waals surface area contributed by atoms with E-state index in [0.29, 0.717) is 5.75 Å². The SMILES string of the molecule is COc1ccc(OC)c(S(=O)(=O)N/N=C\c2cccs2)c1. The van der Waals surface area contributed by atoms with Crippen LogP contribution in [0.3, 0.4) is 0 Å². The van der Waals surface area contributed by atoms with Gasteiger partial charge in [-0.1, -0.05) is 6.07 Å². The predicted molar refractivity (Wildman–Crippen MR) is 81.8 cm³/mol. The lowest BCUT2D eigenvalue weighted by atomic mass is 10.3. The maximum atomic E-state index is 12.3. The van der Waals surface area contributed by atoms with E-state index in [9.17, 15) is 8.42 Å². The van der Waals surface area contributed by atoms with E-state index in [0.717, 1.165) is 4.88 Å². The molecule has 0 saturated carbocycles. The predicted octanol–water partition coefficient (Wildman–Crippen LogP) is 2.08. The summed E-state index contributed by atoms with van der Waals surface area (Å²) in [5.74, 6) is 0.632. The van der Waals surface area contributed by atoms with E-state index in [-0.39, 0.29) is 10.6 Å². The number of thiophene rings is 1. The van der Waals surface area contributed by atoms with Gasteiger partial charge in [0, 0.05) is 10.9 Å². The van der Waals surface area contributed by atoms with Gasteiger partial charge in [-0.05, 0) is 23.6 Å². The zero-order valence-corrected chi connectivity index (χ0v) is 13.1. The van der Waals surface area contributed by atoms with Gasteiger partial charge in [0.1, 0.15) is 16.4 Å². The minimum Gasteiger partial charge on any atom is -0.497 e. The molecule has 0 saturated heterocycles. The summed E-state index contributed by atoms with van der Waals surface area (Å²) < 4.78 is 34.6. The topological polar surface area (TPSA) is 77.0 Å². The first-order valence-corrected chi connectivity index (χ1v) is 8.23. The molecule has 8 heteroatoms. The average molecular weight is 326 g/mol. The number of nitrogens with zero attached hydrogens (tertiary/aromatic N) is 1. The number of hydrazone groups is 1. The Morgan fingerprint density at radius 3 is 2.67 bits per heavy atom. The monoisotopic (exact) mass is 326 g/mol. The van der Waals surface area contributed by atoms with Gasteiger partial charge in [-0.25, -0.2) is 0 Å². The first kappa shape index (κ1) is 15.3. The first-order chi connectivity index (χ1) is 10.1. The van der Waals surface area contributed by atoms with Crippen LogP contribution >= 0.6 is 11.3 Å². The molecule has 0 amide bonds. The molecule has 21 heavy (non-hydrogen) atoms. The largest absolute Gasteiger partial charge is 0.497 e. The normalized spacial score (nSPS) is 11.5. The summed E-state index contributed by atoms with van der Waals surface area (Å²) in [5, 5.41) is 5.62. The molecule has 0 spiro atoms. The molecule has 0 aliphatic rings. The second-order valence-electron chi connectivity index (χ2n) is 3.89. The van der Waals surface area contributed by atoms with Crippen molar-refractivity contribution in [3.63, 3.8) is 0 Å². The van der Waals surface area contributed by atoms with Crippen molar-refractivity contribution in [2.45, 2.75) is 4.90 Å². The average Bonchev–Trinajstić information content (AvgIpc) is 2.99. The number of hydrogen-bond acceptors (Lipinski definition) is 6. The summed E-state index contributed by atoms with van der Waals surface area (Å²) in [5.41, 5.74) is 0. The van der Waals surface area contributed by atoms with Crippen LogP contribution in [0.4, 0.5) is 0 Å². The standard InChI is InChI=1S/C13H14N2O4S2/c1-18-10-5-6-12(19-2)13(8-10)21(16,17)15-14-9-11-4-3-7-20-11/h3-9,15H,1-2H3/b14-9-. The summed E-state index contributed by atoms with van der Waals surface area (Å²) in [4.78, 5) is 2.96. The number of methoxy groups -OCH3 is 2. The van der Waals surface area contributed by atoms with Crippen LogP contribution in [0.25, 0.3) is 0 Å². The van der Waals surface area contributed by atoms with Crippen molar-refractivity contribution in [1.29, 1.82) is 0 Å². The molecule has 0 bridgehead atoms. The second-order valence-corrected chi connectivity index (χ2v) is 6.49. The molecule has 0 atom stereocenters. The quantitative estimate of drug-likeness (QED) is 0.651. The summed E-state index contributed by atoms with van der Waals surface area (Å²) >= 11 is 1.45. The number of nitrogens with one attached hydrogen (secondary N) is 1. The van der Waals surface area contributed by atoms with Gasteiger partial charge in [0.15, 0.2) is 0 Å². The van der Waals surface area contributed by atoms with Gasteiger partial charge in [0.05, 0.1) is 20.4 Å². The molecule has 2 rings (SSSR count). The highest BCUT2D eigenvalue weighted by Crippen LogP contribution is 2.27. The van der Waals surface area contributed by atoms with Crippen LogP contribution in [0.5, 0.6) is 11.5 Å². The molecular formula is C13H14N2O4S2. The number of rotatable bonds is 6. The molecular weight excluding hydrogens is 312 g/mol. The third-order valence-corrected chi connectivity index (χ3v) is 4.62. The van der Waals surface area contributed by atoms with Crippen LogP contribution in [0, 0.1) is 0 Å². The van der Waals surface area contributed by atoms with Gasteiger partial charge < -0.3 is 9.47 Å². The fourth-order valence-corrected chi connectivity index (χ4v) is 3.13. The van der Waals surface area contributed by atoms with E-state index in [1.54, 1.807) is 6.07 Å². The van der Waals surface area contributed by atoms with E-state index < -0.39 is 10.0 Å². The van der Waals surface area contributed by atoms with Crippen LogP contribution in [0.15, 0.2) is 45.7 Å². The highest BCUT2D eigenvalue weighted by Gasteiger charge is 2.19. The van der Waals surface area contributed by atoms with Crippen molar-refractivity contribution in [1.82, 2.24) is 4.83 Å². The molecule has 1 N–H and O–H groups in total. The molecule has 6 nitrogen and oxygen atoms in total. The molecule has 0 fully saturated rings. The van der Waals surface area contributed by atoms with Crippen molar-refractivity contribution in [2.24, 2.45) is 5.10 Å². The maximum Gasteiger partial charge on any atom is 0.280 e. The fraction of sp³-hybridized carbons (Fsp3) is 0.154. The zero-order valence-electron chi connectivity index (χ0n) is 11.4. The number of ether oxygens (including phenoxy) is 2. The van der Waals surface area contributed by atoms with Crippen LogP contribution < -0.4 is 14.3 Å². The molecule has 1 aromatic heterocycles. The van der Waals surface area contributed by atoms with E-state index in [1.165, 1.54) is 43.9 Å². The van der Waals surface area contributed by atoms with Gasteiger partial charge in [0.2, 0.25) is 0 Å². The summed E-state index contributed by atoms with van der Waals surface area (Å²) in [7, 11) is -0.980. The zero-order chi connectivity index (χ0) is 15.3. The van der Waals surface area contributed by atoms with E-state index in [4.69, 9.17) is 9.47 Å². The molecule has 2 aromatic rings. The van der Waals surface area contributed by atoms with E-state index in [2.05, 4.69) is 9.93 Å². The van der Waals surface area contributed by atoms with Crippen LogP contribution in [0.2, 0.25) is 0 Å². The maximum absolute atomic E-state index is 12.3. The lowest BCUT2D eigenvalue weighted by Crippen LogP contribution is -2.19. The van der Waals surface area contributed by atoms with Gasteiger partial charge in [0.25, 0.3) is 10.0 Å². The minimum absolute atomic E-state index is 0.0346. The number of sulfonamides is 1. The Morgan fingerprint density at radius 2 is 2.05 bits per heavy atom. The number of hydrogen-bond donors (Lipinski definition) is 1. The van der Waals surface area contributed by atoms with Crippen LogP contribution in [-0.2, 0) is 10.0 Å². The molecule has 0 aliphatic carbocycles. The summed E-state index contributed by atoms with van der Waals surface area (Å²) in [6.07, 6.45) is 1.44. The minimum atomic E-state index is -3.84. The second kappa shape index (κ2) is 6.59. The van der Waals surface area contributed by atoms with Gasteiger partial charge >= 0.3 is 0 Å². The molecule has 0 unspecified atom stereocenters. The van der Waals surface area contributed by atoms with Gasteiger partial charge in [-0.2, -0.15) is 18.4 Å². The Hall–Kier alpha value is -2.06. The van der Waals surface area contributed by atoms with E-state index in [1.807, 2.05) is 17.5 Å². The smallest absolute Gasteiger partial charge is 0.280 e.